The van der Waals surface area contributed by atoms with E-state index in [9.17, 15) is 19.4 Å². The third-order valence-corrected chi connectivity index (χ3v) is 3.84. The van der Waals surface area contributed by atoms with Gasteiger partial charge in [-0.05, 0) is 17.7 Å². The summed E-state index contributed by atoms with van der Waals surface area (Å²) in [5.41, 5.74) is 11.2. The van der Waals surface area contributed by atoms with Crippen molar-refractivity contribution < 1.29 is 23.8 Å². The molecule has 0 radical (unpaired) electrons. The minimum absolute atomic E-state index is 0.145. The van der Waals surface area contributed by atoms with Gasteiger partial charge in [0.25, 0.3) is 0 Å². The van der Waals surface area contributed by atoms with Crippen LogP contribution in [0.2, 0.25) is 0 Å². The van der Waals surface area contributed by atoms with Crippen LogP contribution in [0, 0.1) is 0 Å². The number of aliphatic hydroxyl groups is 2. The fraction of sp³-hybridized carbons (Fsp3) is 0.385. The second-order valence-electron chi connectivity index (χ2n) is 5.30. The minimum Gasteiger partial charge on any atom is -0.464 e. The molecular formula is C13H13FN6O5. The Bertz CT molecular complexity index is 880. The molecule has 1 saturated heterocycles. The molecule has 0 spiro atoms. The highest BCUT2D eigenvalue weighted by Gasteiger charge is 2.56. The van der Waals surface area contributed by atoms with Crippen molar-refractivity contribution in [3.63, 3.8) is 0 Å². The number of nitrogens with zero attached hydrogens (tertiary/aromatic N) is 5. The van der Waals surface area contributed by atoms with E-state index in [1.54, 1.807) is 12.1 Å². The standard InChI is InChI=1S/C13H13FN6O5/c14-8-9(22)13(5-21,18-19-16)25-11(8)20-4-6(7-2-1-3-24-7)10(15)17-12(20)23/h1-4,8-9,11,21-22H,5H2,(H2,15,17,23)/t8-,9-,11+,13+/m0/s1. The monoisotopic (exact) mass is 352 g/mol. The molecule has 2 aromatic rings. The molecule has 132 valence electrons. The molecule has 0 aromatic carbocycles. The number of anilines is 1. The van der Waals surface area contributed by atoms with Crippen molar-refractivity contribution in [2.75, 3.05) is 12.3 Å². The summed E-state index contributed by atoms with van der Waals surface area (Å²) in [5, 5.41) is 22.5. The third-order valence-electron chi connectivity index (χ3n) is 3.84. The predicted octanol–water partition coefficient (Wildman–Crippen LogP) is 0.312. The van der Waals surface area contributed by atoms with E-state index in [0.29, 0.717) is 0 Å². The fourth-order valence-corrected chi connectivity index (χ4v) is 2.57. The SMILES string of the molecule is [N-]=[N+]=N[C@]1(CO)O[C@@H](n2cc(-c3ccco3)c(N)nc2=O)[C@@H](F)[C@@H]1O. The van der Waals surface area contributed by atoms with E-state index in [4.69, 9.17) is 20.4 Å². The van der Waals surface area contributed by atoms with E-state index >= 15 is 0 Å². The molecule has 1 aliphatic heterocycles. The van der Waals surface area contributed by atoms with Crippen LogP contribution in [-0.4, -0.2) is 44.4 Å². The summed E-state index contributed by atoms with van der Waals surface area (Å²) >= 11 is 0. The molecule has 4 N–H and O–H groups in total. The lowest BCUT2D eigenvalue weighted by molar-refractivity contribution is -0.124. The number of ether oxygens (including phenoxy) is 1. The van der Waals surface area contributed by atoms with Gasteiger partial charge in [0.2, 0.25) is 5.72 Å². The quantitative estimate of drug-likeness (QED) is 0.403. The highest BCUT2D eigenvalue weighted by atomic mass is 19.1. The molecule has 4 atom stereocenters. The van der Waals surface area contributed by atoms with Crippen LogP contribution >= 0.6 is 0 Å². The van der Waals surface area contributed by atoms with Crippen LogP contribution in [0.15, 0.2) is 38.9 Å². The highest BCUT2D eigenvalue weighted by molar-refractivity contribution is 5.68. The number of hydrogen-bond acceptors (Lipinski definition) is 8. The second kappa shape index (κ2) is 6.18. The lowest BCUT2D eigenvalue weighted by Crippen LogP contribution is -2.43. The first-order valence-corrected chi connectivity index (χ1v) is 7.03. The molecule has 3 heterocycles. The number of alkyl halides is 1. The molecule has 0 amide bonds. The Morgan fingerprint density at radius 3 is 2.96 bits per heavy atom. The predicted molar refractivity (Wildman–Crippen MR) is 80.6 cm³/mol. The Hall–Kier alpha value is -2.92. The van der Waals surface area contributed by atoms with E-state index in [2.05, 4.69) is 15.0 Å². The number of nitrogen functional groups attached to an aromatic ring is 1. The van der Waals surface area contributed by atoms with Crippen molar-refractivity contribution in [3.8, 4) is 11.3 Å². The van der Waals surface area contributed by atoms with Gasteiger partial charge in [0, 0.05) is 11.1 Å². The van der Waals surface area contributed by atoms with Crippen molar-refractivity contribution in [1.29, 1.82) is 0 Å². The summed E-state index contributed by atoms with van der Waals surface area (Å²) in [6.07, 6.45) is -3.34. The Kier molecular flexibility index (Phi) is 4.18. The van der Waals surface area contributed by atoms with Gasteiger partial charge < -0.3 is 25.1 Å². The van der Waals surface area contributed by atoms with Gasteiger partial charge >= 0.3 is 5.69 Å². The Morgan fingerprint density at radius 1 is 1.60 bits per heavy atom. The summed E-state index contributed by atoms with van der Waals surface area (Å²) in [4.78, 5) is 18.1. The van der Waals surface area contributed by atoms with E-state index in [0.717, 1.165) is 10.8 Å². The van der Waals surface area contributed by atoms with E-state index < -0.39 is 36.5 Å². The number of halogens is 1. The lowest BCUT2D eigenvalue weighted by atomic mass is 10.1. The van der Waals surface area contributed by atoms with Gasteiger partial charge in [0.05, 0.1) is 18.4 Å². The molecule has 12 heteroatoms. The summed E-state index contributed by atoms with van der Waals surface area (Å²) in [6, 6.07) is 3.13. The zero-order chi connectivity index (χ0) is 18.2. The number of hydrogen-bond donors (Lipinski definition) is 3. The number of furan rings is 1. The number of azide groups is 1. The zero-order valence-corrected chi connectivity index (χ0v) is 12.6. The van der Waals surface area contributed by atoms with Gasteiger partial charge in [-0.2, -0.15) is 4.98 Å². The molecule has 25 heavy (non-hydrogen) atoms. The molecule has 0 saturated carbocycles. The van der Waals surface area contributed by atoms with Crippen LogP contribution < -0.4 is 11.4 Å². The summed E-state index contributed by atoms with van der Waals surface area (Å²) in [6.45, 7) is -0.989. The molecule has 11 nitrogen and oxygen atoms in total. The Balaban J connectivity index is 2.09. The summed E-state index contributed by atoms with van der Waals surface area (Å²) in [7, 11) is 0. The van der Waals surface area contributed by atoms with Crippen molar-refractivity contribution in [3.05, 3.63) is 45.5 Å². The van der Waals surface area contributed by atoms with Crippen molar-refractivity contribution in [1.82, 2.24) is 9.55 Å². The van der Waals surface area contributed by atoms with Crippen LogP contribution in [0.3, 0.4) is 0 Å². The van der Waals surface area contributed by atoms with E-state index in [-0.39, 0.29) is 17.1 Å². The molecule has 3 rings (SSSR count). The number of nitrogens with two attached hydrogens (primary N) is 1. The van der Waals surface area contributed by atoms with Crippen LogP contribution in [0.5, 0.6) is 0 Å². The maximum absolute atomic E-state index is 14.5. The normalized spacial score (nSPS) is 28.7. The first kappa shape index (κ1) is 16.9. The molecule has 1 fully saturated rings. The Morgan fingerprint density at radius 2 is 2.36 bits per heavy atom. The maximum atomic E-state index is 14.5. The summed E-state index contributed by atoms with van der Waals surface area (Å²) in [5.74, 6) is 0.129. The van der Waals surface area contributed by atoms with Gasteiger partial charge in [0.1, 0.15) is 17.7 Å². The van der Waals surface area contributed by atoms with Gasteiger partial charge in [-0.25, -0.2) is 9.18 Å². The molecule has 0 unspecified atom stereocenters. The molecule has 2 aromatic heterocycles. The first-order chi connectivity index (χ1) is 11.9. The number of aliphatic hydroxyl groups excluding tert-OH is 2. The lowest BCUT2D eigenvalue weighted by Gasteiger charge is -2.23. The maximum Gasteiger partial charge on any atom is 0.351 e. The molecule has 0 bridgehead atoms. The van der Waals surface area contributed by atoms with Crippen molar-refractivity contribution in [2.45, 2.75) is 24.2 Å². The van der Waals surface area contributed by atoms with Crippen LogP contribution in [-0.2, 0) is 4.74 Å². The number of rotatable bonds is 4. The van der Waals surface area contributed by atoms with Crippen LogP contribution in [0.4, 0.5) is 10.2 Å². The fourth-order valence-electron chi connectivity index (χ4n) is 2.57. The van der Waals surface area contributed by atoms with Crippen LogP contribution in [0.25, 0.3) is 21.8 Å². The van der Waals surface area contributed by atoms with Crippen LogP contribution in [0.1, 0.15) is 6.23 Å². The van der Waals surface area contributed by atoms with Gasteiger partial charge in [-0.3, -0.25) is 4.57 Å². The van der Waals surface area contributed by atoms with Gasteiger partial charge in [-0.1, -0.05) is 5.11 Å². The molecular weight excluding hydrogens is 339 g/mol. The average Bonchev–Trinajstić information content (AvgIpc) is 3.19. The third kappa shape index (κ3) is 2.62. The largest absolute Gasteiger partial charge is 0.464 e. The van der Waals surface area contributed by atoms with Crippen molar-refractivity contribution in [2.24, 2.45) is 5.11 Å². The number of aromatic nitrogens is 2. The zero-order valence-electron chi connectivity index (χ0n) is 12.6. The summed E-state index contributed by atoms with van der Waals surface area (Å²) < 4.78 is 25.6. The van der Waals surface area contributed by atoms with Gasteiger partial charge in [0.15, 0.2) is 12.4 Å². The molecule has 1 aliphatic rings. The van der Waals surface area contributed by atoms with Crippen molar-refractivity contribution >= 4 is 5.82 Å². The highest BCUT2D eigenvalue weighted by Crippen LogP contribution is 2.40. The topological polar surface area (TPSA) is 172 Å². The van der Waals surface area contributed by atoms with E-state index in [1.807, 2.05) is 0 Å². The second-order valence-corrected chi connectivity index (χ2v) is 5.30. The average molecular weight is 352 g/mol. The van der Waals surface area contributed by atoms with E-state index in [1.165, 1.54) is 6.26 Å². The van der Waals surface area contributed by atoms with Gasteiger partial charge in [-0.15, -0.1) is 0 Å². The minimum atomic E-state index is -2.26. The Labute approximate surface area is 138 Å². The molecule has 0 aliphatic carbocycles. The smallest absolute Gasteiger partial charge is 0.351 e. The first-order valence-electron chi connectivity index (χ1n) is 7.03.